The molecule has 0 bridgehead atoms. The number of nitrogens with one attached hydrogen (secondary N) is 3. The number of anilines is 4. The van der Waals surface area contributed by atoms with E-state index in [9.17, 15) is 9.90 Å². The van der Waals surface area contributed by atoms with Crippen molar-refractivity contribution >= 4 is 40.0 Å². The van der Waals surface area contributed by atoms with E-state index < -0.39 is 11.9 Å². The molecule has 2 aromatic carbocycles. The van der Waals surface area contributed by atoms with Crippen molar-refractivity contribution in [2.24, 2.45) is 5.92 Å². The number of carbonyl (C=O) groups excluding carboxylic acids is 1. The van der Waals surface area contributed by atoms with Crippen LogP contribution in [-0.4, -0.2) is 56.5 Å². The summed E-state index contributed by atoms with van der Waals surface area (Å²) in [5.41, 5.74) is 3.86. The van der Waals surface area contributed by atoms with Crippen molar-refractivity contribution in [1.82, 2.24) is 25.1 Å². The lowest BCUT2D eigenvalue weighted by Crippen LogP contribution is -2.41. The highest BCUT2D eigenvalue weighted by molar-refractivity contribution is 5.84. The number of halogens is 1. The number of hydrogen-bond donors (Lipinski definition) is 4. The Morgan fingerprint density at radius 1 is 1.21 bits per heavy atom. The lowest BCUT2D eigenvalue weighted by Gasteiger charge is -2.34. The molecule has 0 radical (unpaired) electrons. The van der Waals surface area contributed by atoms with Crippen LogP contribution in [0.4, 0.5) is 27.5 Å². The highest BCUT2D eigenvalue weighted by Crippen LogP contribution is 2.37. The van der Waals surface area contributed by atoms with Crippen molar-refractivity contribution in [1.29, 1.82) is 0 Å². The molecule has 2 aromatic heterocycles. The molecular formula is C31H35FN8O2. The number of carbonyl (C=O) groups is 1. The van der Waals surface area contributed by atoms with Gasteiger partial charge in [0.1, 0.15) is 5.82 Å². The third-order valence-corrected chi connectivity index (χ3v) is 8.10. The van der Waals surface area contributed by atoms with Gasteiger partial charge < -0.3 is 26.0 Å². The van der Waals surface area contributed by atoms with Crippen LogP contribution >= 0.6 is 0 Å². The van der Waals surface area contributed by atoms with Gasteiger partial charge in [0.05, 0.1) is 48.0 Å². The Kier molecular flexibility index (Phi) is 7.75. The lowest BCUT2D eigenvalue weighted by atomic mass is 9.95. The quantitative estimate of drug-likeness (QED) is 0.220. The number of benzene rings is 2. The molecular weight excluding hydrogens is 535 g/mol. The van der Waals surface area contributed by atoms with Gasteiger partial charge >= 0.3 is 0 Å². The Morgan fingerprint density at radius 3 is 2.81 bits per heavy atom. The highest BCUT2D eigenvalue weighted by Gasteiger charge is 2.33. The fraction of sp³-hybridized carbons (Fsp3) is 0.355. The number of nitrogens with zero attached hydrogens (tertiary/aromatic N) is 5. The molecule has 3 heterocycles. The Labute approximate surface area is 243 Å². The summed E-state index contributed by atoms with van der Waals surface area (Å²) in [6.45, 7) is 8.13. The van der Waals surface area contributed by atoms with Crippen LogP contribution in [0.5, 0.6) is 0 Å². The Balaban J connectivity index is 1.31. The molecule has 1 fully saturated rings. The van der Waals surface area contributed by atoms with Crippen molar-refractivity contribution in [3.63, 3.8) is 0 Å². The number of rotatable bonds is 9. The first-order valence-corrected chi connectivity index (χ1v) is 14.4. The van der Waals surface area contributed by atoms with Gasteiger partial charge in [-0.2, -0.15) is 10.1 Å². The third kappa shape index (κ3) is 5.39. The zero-order valence-electron chi connectivity index (χ0n) is 23.6. The summed E-state index contributed by atoms with van der Waals surface area (Å²) in [5, 5.41) is 25.4. The summed E-state index contributed by atoms with van der Waals surface area (Å²) >= 11 is 0. The zero-order valence-corrected chi connectivity index (χ0v) is 23.6. The van der Waals surface area contributed by atoms with Crippen LogP contribution < -0.4 is 20.9 Å². The molecule has 0 unspecified atom stereocenters. The maximum atomic E-state index is 15.1. The SMILES string of the molecule is C=CCn1ncc2cc(F)c(Nc3ncc(N4CCC(C(=O)NCC)CC4)c(N[C@H]4c5ccccc5C[C@H]4O)n3)cc21. The van der Waals surface area contributed by atoms with Gasteiger partial charge in [-0.1, -0.05) is 30.3 Å². The minimum atomic E-state index is -0.630. The minimum absolute atomic E-state index is 0.0320. The van der Waals surface area contributed by atoms with E-state index in [1.54, 1.807) is 29.2 Å². The van der Waals surface area contributed by atoms with Crippen molar-refractivity contribution < 1.29 is 14.3 Å². The lowest BCUT2D eigenvalue weighted by molar-refractivity contribution is -0.125. The summed E-state index contributed by atoms with van der Waals surface area (Å²) in [4.78, 5) is 23.9. The predicted octanol–water partition coefficient (Wildman–Crippen LogP) is 4.32. The smallest absolute Gasteiger partial charge is 0.229 e. The molecule has 10 nitrogen and oxygen atoms in total. The van der Waals surface area contributed by atoms with E-state index in [-0.39, 0.29) is 29.5 Å². The number of fused-ring (bicyclic) bond motifs is 2. The first-order valence-electron chi connectivity index (χ1n) is 14.4. The third-order valence-electron chi connectivity index (χ3n) is 8.10. The molecule has 11 heteroatoms. The van der Waals surface area contributed by atoms with E-state index >= 15 is 4.39 Å². The first kappa shape index (κ1) is 27.6. The molecule has 1 amide bonds. The van der Waals surface area contributed by atoms with E-state index in [0.29, 0.717) is 56.6 Å². The number of amides is 1. The average molecular weight is 571 g/mol. The number of aliphatic hydroxyl groups excluding tert-OH is 1. The standard InChI is InChI=1S/C31H35FN8O2/c1-3-11-40-25-16-24(23(32)14-21(25)17-35-40)36-31-34-18-26(39-12-9-19(10-13-39)30(42)33-4-2)29(38-31)37-28-22-8-6-5-7-20(22)15-27(28)41/h3,5-8,14,16-19,27-28,41H,1,4,9-13,15H2,2H3,(H,33,42)(H2,34,36,37,38)/t27-,28+/m1/s1. The van der Waals surface area contributed by atoms with Gasteiger partial charge in [-0.05, 0) is 43.0 Å². The number of aliphatic hydroxyl groups is 1. The second-order valence-corrected chi connectivity index (χ2v) is 10.8. The molecule has 6 rings (SSSR count). The largest absolute Gasteiger partial charge is 0.390 e. The number of aromatic nitrogens is 4. The second-order valence-electron chi connectivity index (χ2n) is 10.8. The van der Waals surface area contributed by atoms with Crippen LogP contribution in [0.2, 0.25) is 0 Å². The van der Waals surface area contributed by atoms with E-state index in [1.807, 2.05) is 31.2 Å². The summed E-state index contributed by atoms with van der Waals surface area (Å²) in [6, 6.07) is 10.7. The van der Waals surface area contributed by atoms with Crippen LogP contribution in [0.3, 0.4) is 0 Å². The van der Waals surface area contributed by atoms with Crippen LogP contribution in [-0.2, 0) is 17.8 Å². The van der Waals surface area contributed by atoms with Gasteiger partial charge in [0.15, 0.2) is 5.82 Å². The van der Waals surface area contributed by atoms with Crippen molar-refractivity contribution in [2.45, 2.75) is 44.9 Å². The highest BCUT2D eigenvalue weighted by atomic mass is 19.1. The van der Waals surface area contributed by atoms with Gasteiger partial charge in [-0.15, -0.1) is 6.58 Å². The maximum Gasteiger partial charge on any atom is 0.229 e. The number of allylic oxidation sites excluding steroid dienone is 1. The molecule has 2 atom stereocenters. The molecule has 218 valence electrons. The minimum Gasteiger partial charge on any atom is -0.390 e. The Hall–Kier alpha value is -4.51. The maximum absolute atomic E-state index is 15.1. The molecule has 1 saturated heterocycles. The summed E-state index contributed by atoms with van der Waals surface area (Å²) in [5.74, 6) is 0.353. The van der Waals surface area contributed by atoms with Gasteiger partial charge in [-0.3, -0.25) is 9.48 Å². The van der Waals surface area contributed by atoms with Crippen LogP contribution in [0.25, 0.3) is 10.9 Å². The molecule has 1 aliphatic carbocycles. The van der Waals surface area contributed by atoms with Gasteiger partial charge in [-0.25, -0.2) is 9.37 Å². The predicted molar refractivity (Wildman–Crippen MR) is 161 cm³/mol. The molecule has 4 N–H and O–H groups in total. The molecule has 4 aromatic rings. The van der Waals surface area contributed by atoms with Gasteiger partial charge in [0, 0.05) is 37.4 Å². The van der Waals surface area contributed by atoms with Crippen molar-refractivity contribution in [3.8, 4) is 0 Å². The average Bonchev–Trinajstić information content (AvgIpc) is 3.53. The fourth-order valence-corrected chi connectivity index (χ4v) is 5.95. The monoisotopic (exact) mass is 570 g/mol. The molecule has 42 heavy (non-hydrogen) atoms. The normalized spacial score (nSPS) is 18.6. The number of hydrogen-bond acceptors (Lipinski definition) is 8. The van der Waals surface area contributed by atoms with Crippen LogP contribution in [0, 0.1) is 11.7 Å². The molecule has 0 saturated carbocycles. The summed E-state index contributed by atoms with van der Waals surface area (Å²) < 4.78 is 16.9. The Bertz CT molecular complexity index is 1610. The van der Waals surface area contributed by atoms with Gasteiger partial charge in [0.2, 0.25) is 11.9 Å². The van der Waals surface area contributed by atoms with Crippen LogP contribution in [0.15, 0.2) is 61.4 Å². The molecule has 2 aliphatic rings. The summed E-state index contributed by atoms with van der Waals surface area (Å²) in [7, 11) is 0. The second kappa shape index (κ2) is 11.8. The first-order chi connectivity index (χ1) is 20.4. The fourth-order valence-electron chi connectivity index (χ4n) is 5.95. The van der Waals surface area contributed by atoms with Crippen LogP contribution in [0.1, 0.15) is 36.9 Å². The number of piperidine rings is 1. The van der Waals surface area contributed by atoms with E-state index in [4.69, 9.17) is 4.98 Å². The summed E-state index contributed by atoms with van der Waals surface area (Å²) in [6.07, 6.45) is 6.41. The van der Waals surface area contributed by atoms with E-state index in [0.717, 1.165) is 22.3 Å². The molecule has 0 spiro atoms. The van der Waals surface area contributed by atoms with E-state index in [2.05, 4.69) is 37.5 Å². The topological polar surface area (TPSA) is 120 Å². The van der Waals surface area contributed by atoms with Gasteiger partial charge in [0.25, 0.3) is 0 Å². The zero-order chi connectivity index (χ0) is 29.2. The Morgan fingerprint density at radius 2 is 2.02 bits per heavy atom. The molecule has 1 aliphatic heterocycles. The van der Waals surface area contributed by atoms with Crippen molar-refractivity contribution in [3.05, 3.63) is 78.4 Å². The van der Waals surface area contributed by atoms with E-state index in [1.165, 1.54) is 6.07 Å². The van der Waals surface area contributed by atoms with Crippen molar-refractivity contribution in [2.75, 3.05) is 35.2 Å².